The van der Waals surface area contributed by atoms with Crippen LogP contribution in [0.4, 0.5) is 5.69 Å². The Labute approximate surface area is 150 Å². The zero-order valence-electron chi connectivity index (χ0n) is 14.7. The molecule has 1 aromatic rings. The van der Waals surface area contributed by atoms with Crippen molar-refractivity contribution in [2.75, 3.05) is 6.54 Å². The fraction of sp³-hybridized carbons (Fsp3) is 0.333. The van der Waals surface area contributed by atoms with Crippen LogP contribution in [0.3, 0.4) is 0 Å². The van der Waals surface area contributed by atoms with Gasteiger partial charge in [-0.15, -0.1) is 0 Å². The highest BCUT2D eigenvalue weighted by atomic mass is 16.6. The molecule has 1 aromatic carbocycles. The Hall–Kier alpha value is -3.16. The molecule has 2 rings (SSSR count). The number of nitrogens with zero attached hydrogens (tertiary/aromatic N) is 2. The molecule has 0 saturated carbocycles. The third-order valence-corrected chi connectivity index (χ3v) is 4.49. The lowest BCUT2D eigenvalue weighted by molar-refractivity contribution is -0.384. The zero-order valence-corrected chi connectivity index (χ0v) is 14.7. The number of hydrogen-bond donors (Lipinski definition) is 2. The number of benzene rings is 1. The average molecular weight is 360 g/mol. The van der Waals surface area contributed by atoms with Crippen molar-refractivity contribution in [2.24, 2.45) is 0 Å². The van der Waals surface area contributed by atoms with Crippen molar-refractivity contribution in [1.29, 1.82) is 0 Å². The van der Waals surface area contributed by atoms with Gasteiger partial charge in [0, 0.05) is 30.1 Å². The van der Waals surface area contributed by atoms with Gasteiger partial charge in [-0.1, -0.05) is 19.1 Å². The van der Waals surface area contributed by atoms with Crippen molar-refractivity contribution in [3.8, 4) is 0 Å². The van der Waals surface area contributed by atoms with E-state index in [2.05, 4.69) is 0 Å². The predicted octanol–water partition coefficient (Wildman–Crippen LogP) is 3.12. The molecular weight excluding hydrogens is 340 g/mol. The molecule has 0 unspecified atom stereocenters. The molecule has 1 aliphatic heterocycles. The van der Waals surface area contributed by atoms with Gasteiger partial charge in [0.25, 0.3) is 5.69 Å². The van der Waals surface area contributed by atoms with Crippen molar-refractivity contribution in [3.63, 3.8) is 0 Å². The van der Waals surface area contributed by atoms with Crippen molar-refractivity contribution in [2.45, 2.75) is 33.1 Å². The van der Waals surface area contributed by atoms with Crippen LogP contribution in [0.5, 0.6) is 0 Å². The summed E-state index contributed by atoms with van der Waals surface area (Å²) in [6, 6.07) is 5.45. The van der Waals surface area contributed by atoms with Gasteiger partial charge in [0.2, 0.25) is 0 Å². The number of nitro groups is 1. The average Bonchev–Trinajstić information content (AvgIpc) is 2.57. The number of hydrogen-bond acceptors (Lipinski definition) is 5. The van der Waals surface area contributed by atoms with Crippen LogP contribution in [0, 0.1) is 10.1 Å². The Morgan fingerprint density at radius 3 is 2.12 bits per heavy atom. The van der Waals surface area contributed by atoms with Crippen molar-refractivity contribution >= 4 is 17.6 Å². The Morgan fingerprint density at radius 2 is 1.69 bits per heavy atom. The molecule has 0 spiro atoms. The summed E-state index contributed by atoms with van der Waals surface area (Å²) >= 11 is 0. The molecular formula is C18H20N2O6. The summed E-state index contributed by atoms with van der Waals surface area (Å²) < 4.78 is 0. The molecule has 8 nitrogen and oxygen atoms in total. The number of rotatable bonds is 6. The lowest BCUT2D eigenvalue weighted by atomic mass is 9.79. The van der Waals surface area contributed by atoms with Gasteiger partial charge < -0.3 is 15.1 Å². The summed E-state index contributed by atoms with van der Waals surface area (Å²) in [4.78, 5) is 36.1. The number of nitro benzene ring substituents is 1. The Kier molecular flexibility index (Phi) is 5.44. The quantitative estimate of drug-likeness (QED) is 0.590. The summed E-state index contributed by atoms with van der Waals surface area (Å²) in [5.74, 6) is -3.57. The first-order valence-corrected chi connectivity index (χ1v) is 8.10. The van der Waals surface area contributed by atoms with E-state index < -0.39 is 22.8 Å². The van der Waals surface area contributed by atoms with E-state index in [0.717, 1.165) is 0 Å². The minimum Gasteiger partial charge on any atom is -0.478 e. The largest absolute Gasteiger partial charge is 0.478 e. The monoisotopic (exact) mass is 360 g/mol. The van der Waals surface area contributed by atoms with Crippen LogP contribution < -0.4 is 0 Å². The van der Waals surface area contributed by atoms with E-state index in [1.54, 1.807) is 18.7 Å². The Balaban J connectivity index is 2.77. The molecule has 0 aliphatic carbocycles. The SMILES string of the molecule is CCCN1C(C)=C(C(=O)O)C(c2cccc([N+](=O)[O-])c2)C(C(=O)O)=C1C. The van der Waals surface area contributed by atoms with Crippen LogP contribution in [0.2, 0.25) is 0 Å². The number of non-ortho nitro benzene ring substituents is 1. The highest BCUT2D eigenvalue weighted by Crippen LogP contribution is 2.42. The molecule has 1 aliphatic rings. The van der Waals surface area contributed by atoms with Crippen LogP contribution in [0.25, 0.3) is 0 Å². The standard InChI is InChI=1S/C18H20N2O6/c1-4-8-19-10(2)14(17(21)22)16(15(11(19)3)18(23)24)12-6-5-7-13(9-12)20(25)26/h5-7,9,16H,4,8H2,1-3H3,(H,21,22)(H,23,24). The van der Waals surface area contributed by atoms with E-state index in [1.807, 2.05) is 6.92 Å². The maximum absolute atomic E-state index is 12.0. The molecule has 0 aromatic heterocycles. The van der Waals surface area contributed by atoms with Crippen molar-refractivity contribution in [1.82, 2.24) is 4.90 Å². The van der Waals surface area contributed by atoms with Gasteiger partial charge in [0.05, 0.1) is 22.0 Å². The maximum atomic E-state index is 12.0. The summed E-state index contributed by atoms with van der Waals surface area (Å²) in [5.41, 5.74) is 0.771. The highest BCUT2D eigenvalue weighted by molar-refractivity contribution is 5.98. The molecule has 0 fully saturated rings. The second-order valence-corrected chi connectivity index (χ2v) is 6.05. The molecule has 26 heavy (non-hydrogen) atoms. The Bertz CT molecular complexity index is 802. The zero-order chi connectivity index (χ0) is 19.6. The molecule has 0 atom stereocenters. The lowest BCUT2D eigenvalue weighted by Gasteiger charge is -2.36. The van der Waals surface area contributed by atoms with Gasteiger partial charge in [-0.05, 0) is 25.8 Å². The molecule has 0 amide bonds. The molecule has 0 bridgehead atoms. The van der Waals surface area contributed by atoms with Crippen LogP contribution in [-0.2, 0) is 9.59 Å². The molecule has 1 heterocycles. The van der Waals surface area contributed by atoms with Gasteiger partial charge in [-0.2, -0.15) is 0 Å². The van der Waals surface area contributed by atoms with Gasteiger partial charge >= 0.3 is 11.9 Å². The predicted molar refractivity (Wildman–Crippen MR) is 93.5 cm³/mol. The number of allylic oxidation sites excluding steroid dienone is 2. The summed E-state index contributed by atoms with van der Waals surface area (Å²) in [6.45, 7) is 5.65. The first kappa shape index (κ1) is 19.2. The van der Waals surface area contributed by atoms with Crippen LogP contribution >= 0.6 is 0 Å². The van der Waals surface area contributed by atoms with E-state index in [1.165, 1.54) is 24.3 Å². The van der Waals surface area contributed by atoms with Crippen LogP contribution in [0.1, 0.15) is 38.7 Å². The maximum Gasteiger partial charge on any atom is 0.334 e. The number of carboxylic acids is 2. The van der Waals surface area contributed by atoms with Crippen molar-refractivity contribution in [3.05, 3.63) is 62.5 Å². The minimum atomic E-state index is -1.24. The lowest BCUT2D eigenvalue weighted by Crippen LogP contribution is -2.34. The fourth-order valence-electron chi connectivity index (χ4n) is 3.37. The smallest absolute Gasteiger partial charge is 0.334 e. The summed E-state index contributed by atoms with van der Waals surface area (Å²) in [6.07, 6.45) is 0.704. The fourth-order valence-corrected chi connectivity index (χ4v) is 3.37. The third kappa shape index (κ3) is 3.30. The summed E-state index contributed by atoms with van der Waals surface area (Å²) in [7, 11) is 0. The van der Waals surface area contributed by atoms with Crippen LogP contribution in [-0.4, -0.2) is 38.5 Å². The molecule has 138 valence electrons. The van der Waals surface area contributed by atoms with E-state index in [9.17, 15) is 29.9 Å². The summed E-state index contributed by atoms with van der Waals surface area (Å²) in [5, 5.41) is 30.6. The second-order valence-electron chi connectivity index (χ2n) is 6.05. The van der Waals surface area contributed by atoms with E-state index in [4.69, 9.17) is 0 Å². The van der Waals surface area contributed by atoms with Crippen LogP contribution in [0.15, 0.2) is 46.8 Å². The first-order chi connectivity index (χ1) is 12.2. The van der Waals surface area contributed by atoms with E-state index in [0.29, 0.717) is 24.4 Å². The number of carboxylic acid groups (broad SMARTS) is 2. The number of aliphatic carboxylic acids is 2. The van der Waals surface area contributed by atoms with Crippen molar-refractivity contribution < 1.29 is 24.7 Å². The third-order valence-electron chi connectivity index (χ3n) is 4.49. The first-order valence-electron chi connectivity index (χ1n) is 8.10. The Morgan fingerprint density at radius 1 is 1.15 bits per heavy atom. The molecule has 2 N–H and O–H groups in total. The highest BCUT2D eigenvalue weighted by Gasteiger charge is 2.39. The number of carbonyl (C=O) groups is 2. The topological polar surface area (TPSA) is 121 Å². The normalized spacial score (nSPS) is 15.4. The molecule has 0 radical (unpaired) electrons. The van der Waals surface area contributed by atoms with Gasteiger partial charge in [-0.3, -0.25) is 10.1 Å². The van der Waals surface area contributed by atoms with Gasteiger partial charge in [-0.25, -0.2) is 9.59 Å². The van der Waals surface area contributed by atoms with Gasteiger partial charge in [0.1, 0.15) is 0 Å². The molecule has 0 saturated heterocycles. The van der Waals surface area contributed by atoms with E-state index in [-0.39, 0.29) is 22.4 Å². The second kappa shape index (κ2) is 7.38. The van der Waals surface area contributed by atoms with Gasteiger partial charge in [0.15, 0.2) is 0 Å². The van der Waals surface area contributed by atoms with E-state index >= 15 is 0 Å². The molecule has 8 heteroatoms. The minimum absolute atomic E-state index is 0.0815.